The van der Waals surface area contributed by atoms with Gasteiger partial charge >= 0.3 is 0 Å². The van der Waals surface area contributed by atoms with E-state index in [1.54, 1.807) is 0 Å². The van der Waals surface area contributed by atoms with Gasteiger partial charge in [-0.3, -0.25) is 4.90 Å². The van der Waals surface area contributed by atoms with Gasteiger partial charge in [-0.1, -0.05) is 0 Å². The van der Waals surface area contributed by atoms with Crippen molar-refractivity contribution in [3.05, 3.63) is 0 Å². The van der Waals surface area contributed by atoms with Crippen molar-refractivity contribution in [3.8, 4) is 0 Å². The van der Waals surface area contributed by atoms with Crippen LogP contribution >= 0.6 is 12.6 Å². The van der Waals surface area contributed by atoms with Gasteiger partial charge in [0.15, 0.2) is 0 Å². The topological polar surface area (TPSA) is 6.48 Å². The molecule has 1 fully saturated rings. The van der Waals surface area contributed by atoms with E-state index in [1.165, 1.54) is 26.2 Å². The highest BCUT2D eigenvalue weighted by atomic mass is 32.1. The van der Waals surface area contributed by atoms with Gasteiger partial charge in [0.1, 0.15) is 0 Å². The Morgan fingerprint density at radius 2 is 1.70 bits per heavy atom. The Bertz CT molecular complexity index is 97.8. The zero-order valence-corrected chi connectivity index (χ0v) is 7.64. The predicted molar refractivity (Wildman–Crippen MR) is 47.5 cm³/mol. The van der Waals surface area contributed by atoms with Gasteiger partial charge in [-0.2, -0.15) is 12.6 Å². The quantitative estimate of drug-likeness (QED) is 0.558. The largest absolute Gasteiger partial charge is 0.304 e. The molecule has 0 radical (unpaired) electrons. The predicted octanol–water partition coefficient (Wildman–Crippen LogP) is 0.510. The lowest BCUT2D eigenvalue weighted by atomic mass is 10.3. The van der Waals surface area contributed by atoms with Crippen LogP contribution in [0.1, 0.15) is 6.92 Å². The molecule has 3 heteroatoms. The first kappa shape index (κ1) is 8.37. The normalized spacial score (nSPS) is 26.7. The summed E-state index contributed by atoms with van der Waals surface area (Å²) >= 11 is 4.38. The molecule has 1 atom stereocenters. The number of nitrogens with zero attached hydrogens (tertiary/aromatic N) is 2. The van der Waals surface area contributed by atoms with E-state index in [9.17, 15) is 0 Å². The van der Waals surface area contributed by atoms with Crippen molar-refractivity contribution in [2.75, 3.05) is 33.2 Å². The summed E-state index contributed by atoms with van der Waals surface area (Å²) in [6.07, 6.45) is 0. The maximum absolute atomic E-state index is 4.38. The molecule has 0 spiro atoms. The van der Waals surface area contributed by atoms with Gasteiger partial charge in [0.2, 0.25) is 0 Å². The summed E-state index contributed by atoms with van der Waals surface area (Å²) in [5.74, 6) is 0. The van der Waals surface area contributed by atoms with Crippen LogP contribution in [0, 0.1) is 0 Å². The molecule has 60 valence electrons. The lowest BCUT2D eigenvalue weighted by Crippen LogP contribution is -2.46. The molecule has 0 aromatic rings. The molecule has 0 amide bonds. The van der Waals surface area contributed by atoms with Gasteiger partial charge in [0.25, 0.3) is 0 Å². The zero-order valence-electron chi connectivity index (χ0n) is 6.75. The third kappa shape index (κ3) is 2.15. The lowest BCUT2D eigenvalue weighted by Gasteiger charge is -2.34. The number of thiol groups is 1. The molecule has 1 aliphatic heterocycles. The standard InChI is InChI=1S/C7H16N2S/c1-7(10)9-5-3-8(2)4-6-9/h7,10H,3-6H2,1-2H3/t7-/m1/s1. The molecule has 0 saturated carbocycles. The molecule has 2 nitrogen and oxygen atoms in total. The van der Waals surface area contributed by atoms with E-state index in [0.29, 0.717) is 5.37 Å². The van der Waals surface area contributed by atoms with E-state index < -0.39 is 0 Å². The van der Waals surface area contributed by atoms with Crippen LogP contribution in [-0.2, 0) is 0 Å². The van der Waals surface area contributed by atoms with Crippen molar-refractivity contribution in [3.63, 3.8) is 0 Å². The highest BCUT2D eigenvalue weighted by Gasteiger charge is 2.15. The minimum Gasteiger partial charge on any atom is -0.304 e. The van der Waals surface area contributed by atoms with Gasteiger partial charge in [-0.05, 0) is 14.0 Å². The van der Waals surface area contributed by atoms with E-state index in [-0.39, 0.29) is 0 Å². The van der Waals surface area contributed by atoms with Crippen LogP contribution in [0.3, 0.4) is 0 Å². The molecule has 1 aliphatic rings. The second-order valence-corrected chi connectivity index (χ2v) is 3.72. The molecule has 0 bridgehead atoms. The monoisotopic (exact) mass is 160 g/mol. The van der Waals surface area contributed by atoms with Crippen LogP contribution < -0.4 is 0 Å². The first-order chi connectivity index (χ1) is 4.70. The van der Waals surface area contributed by atoms with Crippen molar-refractivity contribution in [2.24, 2.45) is 0 Å². The van der Waals surface area contributed by atoms with Crippen molar-refractivity contribution in [1.29, 1.82) is 0 Å². The van der Waals surface area contributed by atoms with Gasteiger partial charge in [0, 0.05) is 31.6 Å². The van der Waals surface area contributed by atoms with Crippen LogP contribution in [0.2, 0.25) is 0 Å². The Labute approximate surface area is 68.6 Å². The smallest absolute Gasteiger partial charge is 0.0500 e. The van der Waals surface area contributed by atoms with E-state index in [4.69, 9.17) is 0 Å². The maximum Gasteiger partial charge on any atom is 0.0500 e. The average molecular weight is 160 g/mol. The molecule has 1 saturated heterocycles. The Kier molecular flexibility index (Phi) is 3.01. The highest BCUT2D eigenvalue weighted by molar-refractivity contribution is 7.80. The number of hydrogen-bond donors (Lipinski definition) is 1. The Balaban J connectivity index is 2.26. The van der Waals surface area contributed by atoms with E-state index >= 15 is 0 Å². The third-order valence-corrected chi connectivity index (χ3v) is 2.39. The number of likely N-dealkylation sites (N-methyl/N-ethyl adjacent to an activating group) is 1. The third-order valence-electron chi connectivity index (χ3n) is 2.07. The van der Waals surface area contributed by atoms with Gasteiger partial charge in [0.05, 0.1) is 0 Å². The van der Waals surface area contributed by atoms with Crippen LogP contribution in [-0.4, -0.2) is 48.4 Å². The molecule has 0 unspecified atom stereocenters. The fraction of sp³-hybridized carbons (Fsp3) is 1.00. The summed E-state index contributed by atoms with van der Waals surface area (Å²) in [5, 5.41) is 0.425. The van der Waals surface area contributed by atoms with Crippen molar-refractivity contribution >= 4 is 12.6 Å². The molecule has 0 aromatic carbocycles. The minimum atomic E-state index is 0.425. The Morgan fingerprint density at radius 1 is 1.20 bits per heavy atom. The maximum atomic E-state index is 4.38. The molecule has 0 aromatic heterocycles. The fourth-order valence-corrected chi connectivity index (χ4v) is 1.43. The Morgan fingerprint density at radius 3 is 2.10 bits per heavy atom. The number of rotatable bonds is 1. The van der Waals surface area contributed by atoms with Gasteiger partial charge in [-0.15, -0.1) is 0 Å². The summed E-state index contributed by atoms with van der Waals surface area (Å²) in [5.41, 5.74) is 0. The molecule has 1 heterocycles. The summed E-state index contributed by atoms with van der Waals surface area (Å²) in [4.78, 5) is 4.75. The lowest BCUT2D eigenvalue weighted by molar-refractivity contribution is 0.150. The SMILES string of the molecule is C[C@@H](S)N1CCN(C)CC1. The molecule has 0 N–H and O–H groups in total. The molecular weight excluding hydrogens is 144 g/mol. The van der Waals surface area contributed by atoms with Crippen molar-refractivity contribution in [1.82, 2.24) is 9.80 Å². The van der Waals surface area contributed by atoms with Crippen LogP contribution in [0.4, 0.5) is 0 Å². The van der Waals surface area contributed by atoms with Gasteiger partial charge in [-0.25, -0.2) is 0 Å². The first-order valence-corrected chi connectivity index (χ1v) is 4.32. The average Bonchev–Trinajstić information content (AvgIpc) is 1.88. The van der Waals surface area contributed by atoms with Crippen molar-refractivity contribution in [2.45, 2.75) is 12.3 Å². The zero-order chi connectivity index (χ0) is 7.56. The highest BCUT2D eigenvalue weighted by Crippen LogP contribution is 2.06. The van der Waals surface area contributed by atoms with Crippen molar-refractivity contribution < 1.29 is 0 Å². The second-order valence-electron chi connectivity index (χ2n) is 2.97. The first-order valence-electron chi connectivity index (χ1n) is 3.81. The summed E-state index contributed by atoms with van der Waals surface area (Å²) < 4.78 is 0. The van der Waals surface area contributed by atoms with E-state index in [2.05, 4.69) is 36.4 Å². The summed E-state index contributed by atoms with van der Waals surface area (Å²) in [6, 6.07) is 0. The summed E-state index contributed by atoms with van der Waals surface area (Å²) in [7, 11) is 2.17. The summed E-state index contributed by atoms with van der Waals surface area (Å²) in [6.45, 7) is 6.84. The molecule has 10 heavy (non-hydrogen) atoms. The van der Waals surface area contributed by atoms with Crippen LogP contribution in [0.5, 0.6) is 0 Å². The minimum absolute atomic E-state index is 0.425. The number of piperazine rings is 1. The number of hydrogen-bond acceptors (Lipinski definition) is 3. The van der Waals surface area contributed by atoms with Crippen LogP contribution in [0.15, 0.2) is 0 Å². The molecule has 0 aliphatic carbocycles. The van der Waals surface area contributed by atoms with Crippen LogP contribution in [0.25, 0.3) is 0 Å². The fourth-order valence-electron chi connectivity index (χ4n) is 1.20. The molecule has 1 rings (SSSR count). The van der Waals surface area contributed by atoms with E-state index in [0.717, 1.165) is 0 Å². The van der Waals surface area contributed by atoms with Gasteiger partial charge < -0.3 is 4.90 Å². The van der Waals surface area contributed by atoms with E-state index in [1.807, 2.05) is 0 Å². The molecular formula is C7H16N2S. The Hall–Kier alpha value is 0.270. The second kappa shape index (κ2) is 3.60.